The van der Waals surface area contributed by atoms with Crippen molar-refractivity contribution in [1.82, 2.24) is 15.0 Å². The highest BCUT2D eigenvalue weighted by molar-refractivity contribution is 6.15. The molecular weight excluding hydrogens is 571 g/mol. The van der Waals surface area contributed by atoms with Crippen LogP contribution in [0.15, 0.2) is 140 Å². The van der Waals surface area contributed by atoms with Crippen LogP contribution in [0.3, 0.4) is 0 Å². The number of rotatable bonds is 2. The molecule has 0 radical (unpaired) electrons. The molecule has 1 N–H and O–H groups in total. The molecule has 9 rings (SSSR count). The Hall–Kier alpha value is -5.80. The van der Waals surface area contributed by atoms with Gasteiger partial charge in [-0.15, -0.1) is 0 Å². The Morgan fingerprint density at radius 1 is 0.404 bits per heavy atom. The fourth-order valence-electron chi connectivity index (χ4n) is 6.97. The van der Waals surface area contributed by atoms with Crippen LogP contribution in [0.25, 0.3) is 89.1 Å². The molecule has 0 amide bonds. The molecule has 0 unspecified atom stereocenters. The summed E-state index contributed by atoms with van der Waals surface area (Å²) in [5.41, 5.74) is 16.0. The van der Waals surface area contributed by atoms with Crippen molar-refractivity contribution in [3.05, 3.63) is 145 Å². The van der Waals surface area contributed by atoms with Crippen molar-refractivity contribution in [2.45, 2.75) is 26.2 Å². The van der Waals surface area contributed by atoms with Crippen LogP contribution >= 0.6 is 0 Å². The molecule has 47 heavy (non-hydrogen) atoms. The van der Waals surface area contributed by atoms with Crippen LogP contribution in [-0.4, -0.2) is 15.0 Å². The largest absolute Gasteiger partial charge is 0.353 e. The zero-order valence-electron chi connectivity index (χ0n) is 26.7. The van der Waals surface area contributed by atoms with Gasteiger partial charge in [0.1, 0.15) is 0 Å². The summed E-state index contributed by atoms with van der Waals surface area (Å²) in [7, 11) is 0. The molecular formula is C44H33N3. The number of hydrogen-bond acceptors (Lipinski definition) is 2. The van der Waals surface area contributed by atoms with Gasteiger partial charge in [-0.25, -0.2) is 9.97 Å². The first-order valence-electron chi connectivity index (χ1n) is 16.2. The third kappa shape index (κ3) is 4.66. The summed E-state index contributed by atoms with van der Waals surface area (Å²) in [6, 6.07) is 50.1. The Labute approximate surface area is 274 Å². The molecule has 1 aliphatic rings. The van der Waals surface area contributed by atoms with Gasteiger partial charge >= 0.3 is 0 Å². The quantitative estimate of drug-likeness (QED) is 0.214. The summed E-state index contributed by atoms with van der Waals surface area (Å²) in [5.74, 6) is 0. The SMILES string of the molecule is CC(C)(C)c1cc2cc(c1)-c1cccc3c1[nH]c1c(cccc13)-c1cc(-c3ccccc3)cc(n1)-c1cc(-c3ccccc3)cc-2n1. The number of benzene rings is 5. The monoisotopic (exact) mass is 603 g/mol. The molecule has 8 aromatic rings. The van der Waals surface area contributed by atoms with Gasteiger partial charge in [0, 0.05) is 27.5 Å². The average molecular weight is 604 g/mol. The lowest BCUT2D eigenvalue weighted by molar-refractivity contribution is 0.590. The Kier molecular flexibility index (Phi) is 6.07. The van der Waals surface area contributed by atoms with E-state index in [4.69, 9.17) is 9.97 Å². The van der Waals surface area contributed by atoms with Gasteiger partial charge in [0.25, 0.3) is 0 Å². The van der Waals surface area contributed by atoms with Gasteiger partial charge in [-0.1, -0.05) is 124 Å². The fourth-order valence-corrected chi connectivity index (χ4v) is 6.97. The molecule has 0 aliphatic carbocycles. The molecule has 0 fully saturated rings. The molecule has 4 heterocycles. The average Bonchev–Trinajstić information content (AvgIpc) is 3.50. The van der Waals surface area contributed by atoms with Crippen molar-refractivity contribution in [2.24, 2.45) is 0 Å². The van der Waals surface area contributed by atoms with Crippen molar-refractivity contribution in [1.29, 1.82) is 0 Å². The molecule has 3 heteroatoms. The molecule has 224 valence electrons. The molecule has 0 atom stereocenters. The Bertz CT molecular complexity index is 2480. The number of H-pyrrole nitrogens is 1. The summed E-state index contributed by atoms with van der Waals surface area (Å²) in [4.78, 5) is 14.7. The van der Waals surface area contributed by atoms with E-state index in [-0.39, 0.29) is 5.41 Å². The standard InChI is InChI=1S/C44H33N3/c1-44(2,3)33-21-31-20-32(22-33)38-23-29(27-12-6-4-7-13-27)25-40(45-38)41-26-30(28-14-8-5-9-15-28)24-39(46-41)37-19-11-18-36-35-17-10-16-34(31)42(35)47-43(36)37/h4-26,47H,1-3H3. The second kappa shape index (κ2) is 10.4. The van der Waals surface area contributed by atoms with E-state index in [9.17, 15) is 0 Å². The van der Waals surface area contributed by atoms with Gasteiger partial charge in [0.15, 0.2) is 0 Å². The van der Waals surface area contributed by atoms with Gasteiger partial charge in [-0.05, 0) is 75.2 Å². The lowest BCUT2D eigenvalue weighted by Crippen LogP contribution is -2.11. The van der Waals surface area contributed by atoms with E-state index in [0.29, 0.717) is 0 Å². The number of nitrogens with zero attached hydrogens (tertiary/aromatic N) is 2. The minimum atomic E-state index is -0.0575. The van der Waals surface area contributed by atoms with E-state index < -0.39 is 0 Å². The highest BCUT2D eigenvalue weighted by atomic mass is 14.8. The van der Waals surface area contributed by atoms with Gasteiger partial charge in [0.05, 0.1) is 33.8 Å². The van der Waals surface area contributed by atoms with Crippen molar-refractivity contribution in [3.8, 4) is 67.3 Å². The molecule has 5 aromatic carbocycles. The van der Waals surface area contributed by atoms with Crippen LogP contribution in [0, 0.1) is 0 Å². The molecule has 0 saturated heterocycles. The maximum absolute atomic E-state index is 5.40. The number of fused-ring (bicyclic) bond motifs is 11. The van der Waals surface area contributed by atoms with Gasteiger partial charge < -0.3 is 4.98 Å². The molecule has 3 aromatic heterocycles. The summed E-state index contributed by atoms with van der Waals surface area (Å²) < 4.78 is 0. The third-order valence-electron chi connectivity index (χ3n) is 9.48. The van der Waals surface area contributed by atoms with Crippen LogP contribution in [0.5, 0.6) is 0 Å². The van der Waals surface area contributed by atoms with E-state index in [0.717, 1.165) is 67.2 Å². The first-order chi connectivity index (χ1) is 22.9. The highest BCUT2D eigenvalue weighted by Gasteiger charge is 2.21. The van der Waals surface area contributed by atoms with E-state index in [1.165, 1.54) is 27.5 Å². The Balaban J connectivity index is 1.46. The van der Waals surface area contributed by atoms with Crippen molar-refractivity contribution in [2.75, 3.05) is 0 Å². The van der Waals surface area contributed by atoms with Crippen molar-refractivity contribution < 1.29 is 0 Å². The number of nitrogens with one attached hydrogen (secondary N) is 1. The third-order valence-corrected chi connectivity index (χ3v) is 9.48. The summed E-state index contributed by atoms with van der Waals surface area (Å²) >= 11 is 0. The van der Waals surface area contributed by atoms with Crippen molar-refractivity contribution in [3.63, 3.8) is 0 Å². The predicted octanol–water partition coefficient (Wildman–Crippen LogP) is 11.7. The maximum Gasteiger partial charge on any atom is 0.0900 e. The number of aromatic amines is 1. The van der Waals surface area contributed by atoms with E-state index in [2.05, 4.69) is 165 Å². The van der Waals surface area contributed by atoms with Crippen LogP contribution in [0.4, 0.5) is 0 Å². The van der Waals surface area contributed by atoms with E-state index in [1.54, 1.807) is 0 Å². The smallest absolute Gasteiger partial charge is 0.0900 e. The zero-order chi connectivity index (χ0) is 31.7. The van der Waals surface area contributed by atoms with Gasteiger partial charge in [-0.2, -0.15) is 0 Å². The summed E-state index contributed by atoms with van der Waals surface area (Å²) in [6.07, 6.45) is 0. The molecule has 1 aliphatic heterocycles. The number of aromatic nitrogens is 3. The molecule has 8 bridgehead atoms. The first kappa shape index (κ1) is 27.5. The lowest BCUT2D eigenvalue weighted by Gasteiger charge is -2.22. The minimum Gasteiger partial charge on any atom is -0.353 e. The number of para-hydroxylation sites is 2. The van der Waals surface area contributed by atoms with Gasteiger partial charge in [0.2, 0.25) is 0 Å². The van der Waals surface area contributed by atoms with E-state index >= 15 is 0 Å². The first-order valence-corrected chi connectivity index (χ1v) is 16.2. The second-order valence-electron chi connectivity index (χ2n) is 13.6. The van der Waals surface area contributed by atoms with Crippen molar-refractivity contribution >= 4 is 21.8 Å². The maximum atomic E-state index is 5.40. The normalized spacial score (nSPS) is 12.1. The molecule has 0 spiro atoms. The predicted molar refractivity (Wildman–Crippen MR) is 196 cm³/mol. The summed E-state index contributed by atoms with van der Waals surface area (Å²) in [5, 5.41) is 2.40. The highest BCUT2D eigenvalue weighted by Crippen LogP contribution is 2.42. The topological polar surface area (TPSA) is 41.6 Å². The van der Waals surface area contributed by atoms with Crippen LogP contribution < -0.4 is 0 Å². The van der Waals surface area contributed by atoms with Crippen LogP contribution in [-0.2, 0) is 5.41 Å². The number of hydrogen-bond donors (Lipinski definition) is 1. The Morgan fingerprint density at radius 3 is 1.53 bits per heavy atom. The van der Waals surface area contributed by atoms with Crippen LogP contribution in [0.2, 0.25) is 0 Å². The van der Waals surface area contributed by atoms with E-state index in [1.807, 2.05) is 0 Å². The summed E-state index contributed by atoms with van der Waals surface area (Å²) in [6.45, 7) is 6.84. The second-order valence-corrected chi connectivity index (χ2v) is 13.6. The van der Waals surface area contributed by atoms with Gasteiger partial charge in [-0.3, -0.25) is 0 Å². The molecule has 3 nitrogen and oxygen atoms in total. The fraction of sp³-hybridized carbons (Fsp3) is 0.0909. The molecule has 0 saturated carbocycles. The Morgan fingerprint density at radius 2 is 0.915 bits per heavy atom. The minimum absolute atomic E-state index is 0.0575. The zero-order valence-corrected chi connectivity index (χ0v) is 26.7. The number of pyridine rings is 2. The lowest BCUT2D eigenvalue weighted by atomic mass is 9.83. The van der Waals surface area contributed by atoms with Crippen LogP contribution in [0.1, 0.15) is 26.3 Å².